The topological polar surface area (TPSA) is 108 Å². The van der Waals surface area contributed by atoms with Gasteiger partial charge in [0.25, 0.3) is 0 Å². The second-order valence-corrected chi connectivity index (χ2v) is 5.09. The predicted molar refractivity (Wildman–Crippen MR) is 68.6 cm³/mol. The summed E-state index contributed by atoms with van der Waals surface area (Å²) in [5, 5.41) is 16.6. The van der Waals surface area contributed by atoms with Crippen LogP contribution >= 0.6 is 0 Å². The molecule has 1 aliphatic rings. The van der Waals surface area contributed by atoms with Crippen molar-refractivity contribution in [2.45, 2.75) is 57.7 Å². The molecule has 19 heavy (non-hydrogen) atoms. The van der Waals surface area contributed by atoms with E-state index < -0.39 is 23.6 Å². The van der Waals surface area contributed by atoms with Gasteiger partial charge >= 0.3 is 12.0 Å². The number of amides is 3. The van der Waals surface area contributed by atoms with Crippen molar-refractivity contribution in [3.63, 3.8) is 0 Å². The lowest BCUT2D eigenvalue weighted by Crippen LogP contribution is -2.57. The highest BCUT2D eigenvalue weighted by Crippen LogP contribution is 2.18. The molecular formula is C12H21N3O4. The highest BCUT2D eigenvalue weighted by atomic mass is 16.4. The van der Waals surface area contributed by atoms with E-state index in [0.717, 1.165) is 12.8 Å². The smallest absolute Gasteiger partial charge is 0.329 e. The van der Waals surface area contributed by atoms with Crippen LogP contribution in [0, 0.1) is 0 Å². The van der Waals surface area contributed by atoms with Crippen LogP contribution in [0.4, 0.5) is 4.79 Å². The molecule has 3 amide bonds. The molecule has 0 aromatic carbocycles. The second kappa shape index (κ2) is 5.90. The summed E-state index contributed by atoms with van der Waals surface area (Å²) in [6.07, 6.45) is 2.19. The molecule has 1 rings (SSSR count). The molecule has 0 radical (unpaired) electrons. The number of hydrogen-bond acceptors (Lipinski definition) is 3. The Morgan fingerprint density at radius 1 is 1.37 bits per heavy atom. The van der Waals surface area contributed by atoms with Gasteiger partial charge < -0.3 is 21.1 Å². The standard InChI is InChI=1S/C12H21N3O4/c1-4-12(3,10(17)18)15-11(19)13-7(2)9(16)14-8-5-6-8/h7-8H,4-6H2,1-3H3,(H,14,16)(H,17,18)(H2,13,15,19). The molecular weight excluding hydrogens is 250 g/mol. The molecule has 2 atom stereocenters. The lowest BCUT2D eigenvalue weighted by atomic mass is 10.00. The number of carbonyl (C=O) groups excluding carboxylic acids is 2. The van der Waals surface area contributed by atoms with Crippen molar-refractivity contribution in [1.29, 1.82) is 0 Å². The SMILES string of the molecule is CCC(C)(NC(=O)NC(C)C(=O)NC1CC1)C(=O)O. The Morgan fingerprint density at radius 3 is 2.37 bits per heavy atom. The number of rotatable bonds is 6. The summed E-state index contributed by atoms with van der Waals surface area (Å²) in [5.41, 5.74) is -1.34. The summed E-state index contributed by atoms with van der Waals surface area (Å²) in [5.74, 6) is -1.37. The zero-order valence-corrected chi connectivity index (χ0v) is 11.4. The molecule has 7 nitrogen and oxygen atoms in total. The molecule has 0 aromatic heterocycles. The maximum Gasteiger partial charge on any atom is 0.329 e. The summed E-state index contributed by atoms with van der Waals surface area (Å²) in [7, 11) is 0. The van der Waals surface area contributed by atoms with Crippen molar-refractivity contribution >= 4 is 17.9 Å². The Hall–Kier alpha value is -1.79. The number of carbonyl (C=O) groups is 3. The Labute approximate surface area is 112 Å². The van der Waals surface area contributed by atoms with Crippen molar-refractivity contribution in [3.05, 3.63) is 0 Å². The molecule has 108 valence electrons. The van der Waals surface area contributed by atoms with Crippen LogP contribution in [0.1, 0.15) is 40.0 Å². The molecule has 4 N–H and O–H groups in total. The Bertz CT molecular complexity index is 381. The number of aliphatic carboxylic acids is 1. The van der Waals surface area contributed by atoms with Crippen molar-refractivity contribution in [2.24, 2.45) is 0 Å². The van der Waals surface area contributed by atoms with Crippen molar-refractivity contribution in [1.82, 2.24) is 16.0 Å². The molecule has 1 aliphatic carbocycles. The number of carboxylic acids is 1. The van der Waals surface area contributed by atoms with Gasteiger partial charge in [-0.15, -0.1) is 0 Å². The highest BCUT2D eigenvalue weighted by molar-refractivity contribution is 5.90. The summed E-state index contributed by atoms with van der Waals surface area (Å²) < 4.78 is 0. The van der Waals surface area contributed by atoms with E-state index in [-0.39, 0.29) is 18.4 Å². The average molecular weight is 271 g/mol. The van der Waals surface area contributed by atoms with Gasteiger partial charge in [-0.1, -0.05) is 6.92 Å². The molecule has 2 unspecified atom stereocenters. The average Bonchev–Trinajstić information content (AvgIpc) is 3.12. The number of urea groups is 1. The Balaban J connectivity index is 2.44. The first kappa shape index (κ1) is 15.3. The maximum absolute atomic E-state index is 11.7. The van der Waals surface area contributed by atoms with Crippen LogP contribution in [0.15, 0.2) is 0 Å². The zero-order valence-electron chi connectivity index (χ0n) is 11.4. The van der Waals surface area contributed by atoms with Gasteiger partial charge in [-0.2, -0.15) is 0 Å². The summed E-state index contributed by atoms with van der Waals surface area (Å²) in [4.78, 5) is 34.3. The molecule has 0 saturated heterocycles. The predicted octanol–water partition coefficient (Wildman–Crippen LogP) is 0.206. The van der Waals surface area contributed by atoms with Gasteiger partial charge in [0.1, 0.15) is 11.6 Å². The van der Waals surface area contributed by atoms with E-state index in [9.17, 15) is 14.4 Å². The lowest BCUT2D eigenvalue weighted by molar-refractivity contribution is -0.143. The van der Waals surface area contributed by atoms with Crippen LogP contribution in [0.2, 0.25) is 0 Å². The molecule has 1 fully saturated rings. The van der Waals surface area contributed by atoms with Crippen LogP contribution in [0.25, 0.3) is 0 Å². The normalized spacial score (nSPS) is 18.9. The van der Waals surface area contributed by atoms with E-state index in [0.29, 0.717) is 0 Å². The Morgan fingerprint density at radius 2 is 1.95 bits per heavy atom. The van der Waals surface area contributed by atoms with E-state index >= 15 is 0 Å². The maximum atomic E-state index is 11.7. The van der Waals surface area contributed by atoms with Gasteiger partial charge in [-0.3, -0.25) is 4.79 Å². The van der Waals surface area contributed by atoms with Crippen LogP contribution in [0.3, 0.4) is 0 Å². The third-order valence-corrected chi connectivity index (χ3v) is 3.23. The third kappa shape index (κ3) is 4.42. The fraction of sp³-hybridized carbons (Fsp3) is 0.750. The highest BCUT2D eigenvalue weighted by Gasteiger charge is 2.33. The minimum absolute atomic E-state index is 0.222. The van der Waals surface area contributed by atoms with Gasteiger partial charge in [0, 0.05) is 6.04 Å². The van der Waals surface area contributed by atoms with E-state index in [4.69, 9.17) is 5.11 Å². The van der Waals surface area contributed by atoms with Crippen LogP contribution in [0.5, 0.6) is 0 Å². The minimum atomic E-state index is -1.34. The molecule has 1 saturated carbocycles. The molecule has 0 bridgehead atoms. The van der Waals surface area contributed by atoms with Crippen molar-refractivity contribution < 1.29 is 19.5 Å². The van der Waals surface area contributed by atoms with Crippen LogP contribution in [-0.4, -0.2) is 40.6 Å². The summed E-state index contributed by atoms with van der Waals surface area (Å²) >= 11 is 0. The summed E-state index contributed by atoms with van der Waals surface area (Å²) in [6.45, 7) is 4.64. The van der Waals surface area contributed by atoms with Gasteiger partial charge in [-0.25, -0.2) is 9.59 Å². The Kier molecular flexibility index (Phi) is 4.74. The zero-order chi connectivity index (χ0) is 14.6. The molecule has 0 spiro atoms. The number of carboxylic acid groups (broad SMARTS) is 1. The van der Waals surface area contributed by atoms with Gasteiger partial charge in [0.2, 0.25) is 5.91 Å². The van der Waals surface area contributed by atoms with Crippen LogP contribution < -0.4 is 16.0 Å². The van der Waals surface area contributed by atoms with E-state index in [2.05, 4.69) is 16.0 Å². The lowest BCUT2D eigenvalue weighted by Gasteiger charge is -2.25. The van der Waals surface area contributed by atoms with Crippen LogP contribution in [-0.2, 0) is 9.59 Å². The first-order valence-electron chi connectivity index (χ1n) is 6.41. The largest absolute Gasteiger partial charge is 0.480 e. The minimum Gasteiger partial charge on any atom is -0.480 e. The monoisotopic (exact) mass is 271 g/mol. The number of hydrogen-bond donors (Lipinski definition) is 4. The third-order valence-electron chi connectivity index (χ3n) is 3.23. The summed E-state index contributed by atoms with van der Waals surface area (Å²) in [6, 6.07) is -1.14. The molecule has 7 heteroatoms. The fourth-order valence-electron chi connectivity index (χ4n) is 1.40. The first-order valence-corrected chi connectivity index (χ1v) is 6.41. The molecule has 0 aromatic rings. The molecule has 0 heterocycles. The van der Waals surface area contributed by atoms with E-state index in [1.54, 1.807) is 13.8 Å². The van der Waals surface area contributed by atoms with Gasteiger partial charge in [-0.05, 0) is 33.1 Å². The van der Waals surface area contributed by atoms with Crippen molar-refractivity contribution in [2.75, 3.05) is 0 Å². The van der Waals surface area contributed by atoms with Gasteiger partial charge in [0.15, 0.2) is 0 Å². The first-order chi connectivity index (χ1) is 8.78. The van der Waals surface area contributed by atoms with Crippen molar-refractivity contribution in [3.8, 4) is 0 Å². The fourth-order valence-corrected chi connectivity index (χ4v) is 1.40. The van der Waals surface area contributed by atoms with E-state index in [1.807, 2.05) is 0 Å². The second-order valence-electron chi connectivity index (χ2n) is 5.09. The quantitative estimate of drug-likeness (QED) is 0.553. The van der Waals surface area contributed by atoms with Gasteiger partial charge in [0.05, 0.1) is 0 Å². The van der Waals surface area contributed by atoms with E-state index in [1.165, 1.54) is 6.92 Å². The number of nitrogens with one attached hydrogen (secondary N) is 3. The molecule has 0 aliphatic heterocycles.